The highest BCUT2D eigenvalue weighted by atomic mass is 32.1. The molecule has 0 spiro atoms. The number of aromatic nitrogens is 3. The normalized spacial score (nSPS) is 15.0. The Bertz CT molecular complexity index is 860. The maximum absolute atomic E-state index is 9.12. The maximum Gasteiger partial charge on any atom is 0.153 e. The molecule has 0 saturated heterocycles. The van der Waals surface area contributed by atoms with Crippen LogP contribution in [-0.2, 0) is 11.3 Å². The quantitative estimate of drug-likeness (QED) is 0.684. The Kier molecular flexibility index (Phi) is 5.38. The number of aliphatic hydroxyl groups is 1. The SMILES string of the molecule is OCCOc1c(-c2cnc(COC3CCCC3)nc2)ccc2ncsc12. The van der Waals surface area contributed by atoms with E-state index in [0.717, 1.165) is 39.9 Å². The molecule has 1 fully saturated rings. The number of thiazole rings is 1. The van der Waals surface area contributed by atoms with E-state index in [9.17, 15) is 0 Å². The first-order valence-electron chi connectivity index (χ1n) is 8.88. The second-order valence-corrected chi connectivity index (χ2v) is 7.18. The number of nitrogens with zero attached hydrogens (tertiary/aromatic N) is 3. The Morgan fingerprint density at radius 2 is 1.92 bits per heavy atom. The summed E-state index contributed by atoms with van der Waals surface area (Å²) in [6, 6.07) is 3.92. The molecule has 0 aliphatic heterocycles. The van der Waals surface area contributed by atoms with Crippen LogP contribution in [-0.4, -0.2) is 39.4 Å². The summed E-state index contributed by atoms with van der Waals surface area (Å²) >= 11 is 1.52. The fourth-order valence-electron chi connectivity index (χ4n) is 3.24. The summed E-state index contributed by atoms with van der Waals surface area (Å²) in [7, 11) is 0. The maximum atomic E-state index is 9.12. The minimum absolute atomic E-state index is 0.0391. The van der Waals surface area contributed by atoms with Crippen molar-refractivity contribution in [3.05, 3.63) is 35.9 Å². The fraction of sp³-hybridized carbons (Fsp3) is 0.421. The Morgan fingerprint density at radius 1 is 1.12 bits per heavy atom. The van der Waals surface area contributed by atoms with Gasteiger partial charge in [-0.05, 0) is 25.0 Å². The lowest BCUT2D eigenvalue weighted by molar-refractivity contribution is 0.0417. The van der Waals surface area contributed by atoms with Crippen molar-refractivity contribution >= 4 is 21.6 Å². The summed E-state index contributed by atoms with van der Waals surface area (Å²) in [6.45, 7) is 0.646. The number of aliphatic hydroxyl groups excluding tert-OH is 1. The van der Waals surface area contributed by atoms with Crippen LogP contribution in [0.3, 0.4) is 0 Å². The molecule has 6 nitrogen and oxygen atoms in total. The van der Waals surface area contributed by atoms with E-state index in [-0.39, 0.29) is 13.2 Å². The summed E-state index contributed by atoms with van der Waals surface area (Å²) in [5.74, 6) is 1.41. The lowest BCUT2D eigenvalue weighted by atomic mass is 10.1. The van der Waals surface area contributed by atoms with E-state index >= 15 is 0 Å². The molecular weight excluding hydrogens is 350 g/mol. The van der Waals surface area contributed by atoms with Gasteiger partial charge >= 0.3 is 0 Å². The Hall–Kier alpha value is -2.09. The van der Waals surface area contributed by atoms with Gasteiger partial charge in [-0.2, -0.15) is 0 Å². The monoisotopic (exact) mass is 371 g/mol. The standard InChI is InChI=1S/C19H21N3O3S/c23-7-8-24-18-15(5-6-16-19(18)26-12-22-16)13-9-20-17(21-10-13)11-25-14-3-1-2-4-14/h5-6,9-10,12,14,23H,1-4,7-8,11H2. The molecule has 7 heteroatoms. The minimum atomic E-state index is -0.0391. The van der Waals surface area contributed by atoms with Crippen LogP contribution in [0.1, 0.15) is 31.5 Å². The lowest BCUT2D eigenvalue weighted by Gasteiger charge is -2.12. The van der Waals surface area contributed by atoms with Crippen molar-refractivity contribution in [1.82, 2.24) is 15.0 Å². The van der Waals surface area contributed by atoms with Crippen molar-refractivity contribution in [2.24, 2.45) is 0 Å². The molecule has 1 aliphatic carbocycles. The zero-order chi connectivity index (χ0) is 17.8. The van der Waals surface area contributed by atoms with Gasteiger partial charge in [-0.3, -0.25) is 0 Å². The van der Waals surface area contributed by atoms with Gasteiger partial charge < -0.3 is 14.6 Å². The van der Waals surface area contributed by atoms with Gasteiger partial charge in [0.05, 0.1) is 28.4 Å². The second kappa shape index (κ2) is 8.07. The van der Waals surface area contributed by atoms with Gasteiger partial charge in [-0.15, -0.1) is 11.3 Å². The van der Waals surface area contributed by atoms with E-state index in [1.54, 1.807) is 17.9 Å². The summed E-state index contributed by atoms with van der Waals surface area (Å²) in [4.78, 5) is 13.2. The van der Waals surface area contributed by atoms with Gasteiger partial charge in [-0.25, -0.2) is 15.0 Å². The molecule has 26 heavy (non-hydrogen) atoms. The first-order chi connectivity index (χ1) is 12.8. The molecule has 1 aromatic carbocycles. The van der Waals surface area contributed by atoms with Gasteiger partial charge in [-0.1, -0.05) is 12.8 Å². The molecule has 1 N–H and O–H groups in total. The first kappa shape index (κ1) is 17.3. The predicted octanol–water partition coefficient (Wildman–Crippen LogP) is 3.58. The fourth-order valence-corrected chi connectivity index (χ4v) is 4.03. The summed E-state index contributed by atoms with van der Waals surface area (Å²) < 4.78 is 12.6. The van der Waals surface area contributed by atoms with Gasteiger partial charge in [0, 0.05) is 23.5 Å². The van der Waals surface area contributed by atoms with E-state index in [1.165, 1.54) is 24.2 Å². The molecule has 0 amide bonds. The molecule has 1 aliphatic rings. The van der Waals surface area contributed by atoms with Gasteiger partial charge in [0.1, 0.15) is 19.0 Å². The third kappa shape index (κ3) is 3.70. The van der Waals surface area contributed by atoms with Crippen LogP contribution >= 0.6 is 11.3 Å². The molecule has 2 heterocycles. The van der Waals surface area contributed by atoms with E-state index < -0.39 is 0 Å². The van der Waals surface area contributed by atoms with Crippen LogP contribution < -0.4 is 4.74 Å². The Balaban J connectivity index is 1.56. The number of hydrogen-bond acceptors (Lipinski definition) is 7. The van der Waals surface area contributed by atoms with Crippen LogP contribution in [0.2, 0.25) is 0 Å². The van der Waals surface area contributed by atoms with Crippen LogP contribution in [0.25, 0.3) is 21.3 Å². The van der Waals surface area contributed by atoms with Crippen LogP contribution in [0.4, 0.5) is 0 Å². The largest absolute Gasteiger partial charge is 0.489 e. The second-order valence-electron chi connectivity index (χ2n) is 6.32. The lowest BCUT2D eigenvalue weighted by Crippen LogP contribution is -2.09. The highest BCUT2D eigenvalue weighted by Crippen LogP contribution is 2.38. The number of benzene rings is 1. The molecule has 0 radical (unpaired) electrons. The topological polar surface area (TPSA) is 77.4 Å². The molecule has 4 rings (SSSR count). The van der Waals surface area contributed by atoms with Crippen molar-refractivity contribution in [2.75, 3.05) is 13.2 Å². The van der Waals surface area contributed by atoms with Crippen molar-refractivity contribution in [1.29, 1.82) is 0 Å². The predicted molar refractivity (Wildman–Crippen MR) is 100 cm³/mol. The number of rotatable bonds is 7. The molecule has 0 bridgehead atoms. The first-order valence-corrected chi connectivity index (χ1v) is 9.76. The summed E-state index contributed by atoms with van der Waals surface area (Å²) in [6.07, 6.45) is 8.73. The third-order valence-corrected chi connectivity index (χ3v) is 5.40. The van der Waals surface area contributed by atoms with E-state index in [0.29, 0.717) is 18.5 Å². The molecule has 2 aromatic heterocycles. The number of fused-ring (bicyclic) bond motifs is 1. The van der Waals surface area contributed by atoms with E-state index in [1.807, 2.05) is 12.1 Å². The van der Waals surface area contributed by atoms with Crippen molar-refractivity contribution in [3.63, 3.8) is 0 Å². The Labute approximate surface area is 155 Å². The van der Waals surface area contributed by atoms with Gasteiger partial charge in [0.25, 0.3) is 0 Å². The van der Waals surface area contributed by atoms with Crippen LogP contribution in [0.15, 0.2) is 30.0 Å². The van der Waals surface area contributed by atoms with E-state index in [2.05, 4.69) is 15.0 Å². The van der Waals surface area contributed by atoms with Gasteiger partial charge in [0.15, 0.2) is 5.82 Å². The zero-order valence-electron chi connectivity index (χ0n) is 14.4. The highest BCUT2D eigenvalue weighted by molar-refractivity contribution is 7.17. The summed E-state index contributed by atoms with van der Waals surface area (Å²) in [5.41, 5.74) is 4.45. The number of hydrogen-bond donors (Lipinski definition) is 1. The average Bonchev–Trinajstić information content (AvgIpc) is 3.36. The van der Waals surface area contributed by atoms with Crippen molar-refractivity contribution in [2.45, 2.75) is 38.4 Å². The molecule has 3 aromatic rings. The Morgan fingerprint density at radius 3 is 2.69 bits per heavy atom. The van der Waals surface area contributed by atoms with Crippen molar-refractivity contribution < 1.29 is 14.6 Å². The van der Waals surface area contributed by atoms with E-state index in [4.69, 9.17) is 14.6 Å². The van der Waals surface area contributed by atoms with Crippen LogP contribution in [0.5, 0.6) is 5.75 Å². The molecule has 0 unspecified atom stereocenters. The number of ether oxygens (including phenoxy) is 2. The minimum Gasteiger partial charge on any atom is -0.489 e. The van der Waals surface area contributed by atoms with Crippen LogP contribution in [0, 0.1) is 0 Å². The molecule has 136 valence electrons. The van der Waals surface area contributed by atoms with Gasteiger partial charge in [0.2, 0.25) is 0 Å². The molecule has 1 saturated carbocycles. The third-order valence-electron chi connectivity index (χ3n) is 4.56. The zero-order valence-corrected chi connectivity index (χ0v) is 15.2. The average molecular weight is 371 g/mol. The highest BCUT2D eigenvalue weighted by Gasteiger charge is 2.17. The molecular formula is C19H21N3O3S. The van der Waals surface area contributed by atoms with Crippen molar-refractivity contribution in [3.8, 4) is 16.9 Å². The summed E-state index contributed by atoms with van der Waals surface area (Å²) in [5, 5.41) is 9.12. The molecule has 0 atom stereocenters. The smallest absolute Gasteiger partial charge is 0.153 e.